The van der Waals surface area contributed by atoms with E-state index >= 15 is 0 Å². The Labute approximate surface area is 396 Å². The lowest BCUT2D eigenvalue weighted by Gasteiger charge is -2.34. The number of ether oxygens (including phenoxy) is 1. The van der Waals surface area contributed by atoms with E-state index < -0.39 is 115 Å². The average molecular weight is 962 g/mol. The molecule has 2 aliphatic carbocycles. The Morgan fingerprint density at radius 1 is 0.535 bits per heavy atom. The quantitative estimate of drug-likeness (QED) is 0.0405. The third-order valence-corrected chi connectivity index (χ3v) is 14.5. The second-order valence-corrected chi connectivity index (χ2v) is 18.0. The molecule has 0 amide bonds. The van der Waals surface area contributed by atoms with Gasteiger partial charge in [0.1, 0.15) is 70.2 Å². The van der Waals surface area contributed by atoms with Gasteiger partial charge >= 0.3 is 0 Å². The first-order valence-electron chi connectivity index (χ1n) is 22.0. The van der Waals surface area contributed by atoms with Gasteiger partial charge in [0.2, 0.25) is 11.5 Å². The smallest absolute Gasteiger partial charge is 0.232 e. The first-order valence-corrected chi connectivity index (χ1v) is 22.0. The summed E-state index contributed by atoms with van der Waals surface area (Å²) in [6.45, 7) is 2.75. The van der Waals surface area contributed by atoms with Crippen molar-refractivity contribution in [3.05, 3.63) is 70.9 Å². The number of aromatic hydroxyl groups is 13. The van der Waals surface area contributed by atoms with Gasteiger partial charge in [-0.05, 0) is 50.4 Å². The summed E-state index contributed by atoms with van der Waals surface area (Å²) in [6.07, 6.45) is 2.38. The topological polar surface area (TPSA) is 326 Å². The third-order valence-electron chi connectivity index (χ3n) is 14.5. The molecule has 71 heavy (non-hydrogen) atoms. The van der Waals surface area contributed by atoms with Crippen molar-refractivity contribution in [3.8, 4) is 103 Å². The number of hydrogen-bond donors (Lipinski definition) is 14. The maximum absolute atomic E-state index is 12.8. The van der Waals surface area contributed by atoms with E-state index in [-0.39, 0.29) is 94.9 Å². The number of para-hydroxylation sites is 1. The van der Waals surface area contributed by atoms with E-state index in [9.17, 15) is 71.5 Å². The molecule has 2 unspecified atom stereocenters. The number of nitrogens with zero attached hydrogens (tertiary/aromatic N) is 3. The van der Waals surface area contributed by atoms with E-state index in [0.29, 0.717) is 17.8 Å². The van der Waals surface area contributed by atoms with Gasteiger partial charge in [-0.15, -0.1) is 0 Å². The molecule has 0 spiro atoms. The Balaban J connectivity index is 1.19. The minimum absolute atomic E-state index is 0.0753. The average Bonchev–Trinajstić information content (AvgIpc) is 4.01. The van der Waals surface area contributed by atoms with Crippen LogP contribution in [0, 0.1) is 13.8 Å². The molecule has 20 nitrogen and oxygen atoms in total. The fourth-order valence-electron chi connectivity index (χ4n) is 11.2. The second-order valence-electron chi connectivity index (χ2n) is 18.0. The molecule has 0 radical (unpaired) electrons. The molecule has 2 atom stereocenters. The van der Waals surface area contributed by atoms with Gasteiger partial charge in [-0.2, -0.15) is 4.89 Å². The molecule has 4 aliphatic rings. The summed E-state index contributed by atoms with van der Waals surface area (Å²) >= 11 is 0. The second kappa shape index (κ2) is 13.5. The lowest BCUT2D eigenvalue weighted by atomic mass is 9.89. The van der Waals surface area contributed by atoms with Crippen molar-refractivity contribution in [3.63, 3.8) is 0 Å². The molecule has 3 aromatic heterocycles. The molecule has 0 bridgehead atoms. The molecule has 0 saturated carbocycles. The van der Waals surface area contributed by atoms with Crippen LogP contribution in [0.15, 0.2) is 48.6 Å². The molecular weight excluding hydrogens is 925 g/mol. The van der Waals surface area contributed by atoms with E-state index in [1.54, 1.807) is 42.5 Å². The van der Waals surface area contributed by atoms with E-state index in [0.717, 1.165) is 0 Å². The van der Waals surface area contributed by atoms with E-state index in [1.807, 2.05) is 6.08 Å². The summed E-state index contributed by atoms with van der Waals surface area (Å²) < 4.78 is 10.5. The van der Waals surface area contributed by atoms with Crippen molar-refractivity contribution in [1.29, 1.82) is 0 Å². The summed E-state index contributed by atoms with van der Waals surface area (Å²) in [5.41, 5.74) is -2.76. The first kappa shape index (κ1) is 41.8. The summed E-state index contributed by atoms with van der Waals surface area (Å²) in [6, 6.07) is 8.34. The highest BCUT2D eigenvalue weighted by molar-refractivity contribution is 6.40. The Morgan fingerprint density at radius 2 is 1.14 bits per heavy atom. The van der Waals surface area contributed by atoms with Crippen molar-refractivity contribution in [2.75, 3.05) is 0 Å². The maximum Gasteiger partial charge on any atom is 0.232 e. The zero-order chi connectivity index (χ0) is 49.9. The number of aliphatic hydroxyl groups is 1. The molecule has 5 heterocycles. The minimum Gasteiger partial charge on any atom is -0.508 e. The number of rotatable bonds is 3. The van der Waals surface area contributed by atoms with Crippen molar-refractivity contribution in [2.45, 2.75) is 38.9 Å². The molecule has 0 fully saturated rings. The monoisotopic (exact) mass is 961 g/mol. The number of aliphatic hydroxyl groups excluding tert-OH is 1. The molecule has 0 saturated heterocycles. The predicted molar refractivity (Wildman–Crippen MR) is 257 cm³/mol. The molecule has 356 valence electrons. The van der Waals surface area contributed by atoms with Gasteiger partial charge in [-0.3, -0.25) is 4.57 Å². The van der Waals surface area contributed by atoms with Gasteiger partial charge in [0.15, 0.2) is 63.6 Å². The number of hydrogen-bond acceptors (Lipinski definition) is 17. The SMILES string of the molecule is Bc1c(O)c(O)c2c(c1O)c1c(O)c(-c3c(O)c4c5c(c3O)c3c(C)c(O)c(O)c6c3n5C3=C(O6)c5c(n(-c6ccccc6)c6c(O)c(C)c(O)c(O)c56)C(O)C3OO4)c(O)c(O)c1n2C1=CC=CCC1. The number of phenolic OH excluding ortho intramolecular Hbond substituents is 13. The van der Waals surface area contributed by atoms with Crippen LogP contribution in [0.4, 0.5) is 0 Å². The fourth-order valence-corrected chi connectivity index (χ4v) is 11.2. The molecule has 13 rings (SSSR count). The van der Waals surface area contributed by atoms with Crippen LogP contribution >= 0.6 is 0 Å². The number of benzene rings is 6. The Bertz CT molecular complexity index is 4180. The van der Waals surface area contributed by atoms with Gasteiger partial charge in [0.25, 0.3) is 0 Å². The molecule has 6 aromatic carbocycles. The first-order chi connectivity index (χ1) is 33.9. The highest BCUT2D eigenvalue weighted by atomic mass is 17.2. The van der Waals surface area contributed by atoms with E-state index in [4.69, 9.17) is 14.5 Å². The van der Waals surface area contributed by atoms with E-state index in [2.05, 4.69) is 0 Å². The highest BCUT2D eigenvalue weighted by Gasteiger charge is 2.51. The standard InChI is InChI=1S/C50H36BN3O17/c1-13-17-18-31-49(41(63)24(36(18)58)23-37(59)19-20-28(44(66)42(64)25(51)38(20)60)53(16-11-7-4-8-12-16)27(19)43(65)40(23)62)70-71-50-32-47(69-48(30(17)54(31)32)46(68)34(13)56)22-21-26(33(55)14(2)35(57)39(21)61)52(29(22)45(50)67)15-9-5-3-6-10-15/h3-7,9-11,45,50,55-68H,8,12,51H2,1-2H3. The molecular formula is C50H36BN3O17. The van der Waals surface area contributed by atoms with Gasteiger partial charge in [-0.25, -0.2) is 0 Å². The molecule has 9 aromatic rings. The fraction of sp³-hybridized carbons (Fsp3) is 0.120. The predicted octanol–water partition coefficient (Wildman–Crippen LogP) is 6.21. The highest BCUT2D eigenvalue weighted by Crippen LogP contribution is 2.66. The lowest BCUT2D eigenvalue weighted by molar-refractivity contribution is -0.249. The number of aromatic nitrogens is 3. The zero-order valence-electron chi connectivity index (χ0n) is 37.0. The maximum atomic E-state index is 12.8. The van der Waals surface area contributed by atoms with Gasteiger partial charge < -0.3 is 90.3 Å². The van der Waals surface area contributed by atoms with Crippen LogP contribution in [0.2, 0.25) is 0 Å². The van der Waals surface area contributed by atoms with Crippen LogP contribution in [-0.4, -0.2) is 99.1 Å². The van der Waals surface area contributed by atoms with Gasteiger partial charge in [0, 0.05) is 27.9 Å². The van der Waals surface area contributed by atoms with Gasteiger partial charge in [0.05, 0.1) is 43.9 Å². The van der Waals surface area contributed by atoms with Gasteiger partial charge in [-0.1, -0.05) is 30.4 Å². The lowest BCUT2D eigenvalue weighted by Crippen LogP contribution is -2.34. The summed E-state index contributed by atoms with van der Waals surface area (Å²) in [5, 5.41) is 166. The van der Waals surface area contributed by atoms with Crippen LogP contribution in [0.1, 0.15) is 41.3 Å². The Kier molecular flexibility index (Phi) is 7.93. The number of phenols is 13. The largest absolute Gasteiger partial charge is 0.508 e. The van der Waals surface area contributed by atoms with Crippen LogP contribution in [-0.2, 0) is 4.89 Å². The third kappa shape index (κ3) is 4.66. The minimum atomic E-state index is -1.85. The van der Waals surface area contributed by atoms with Crippen LogP contribution in [0.25, 0.3) is 88.5 Å². The number of allylic oxidation sites excluding steroid dienone is 4. The summed E-state index contributed by atoms with van der Waals surface area (Å²) in [5.74, 6) is -12.1. The number of fused-ring (bicyclic) bond motifs is 8. The summed E-state index contributed by atoms with van der Waals surface area (Å²) in [4.78, 5) is 12.1. The van der Waals surface area contributed by atoms with Crippen molar-refractivity contribution in [1.82, 2.24) is 13.7 Å². The van der Waals surface area contributed by atoms with Crippen LogP contribution in [0.5, 0.6) is 86.2 Å². The molecule has 21 heteroatoms. The Hall–Kier alpha value is -9.34. The summed E-state index contributed by atoms with van der Waals surface area (Å²) in [7, 11) is 1.29. The normalized spacial score (nSPS) is 16.9. The van der Waals surface area contributed by atoms with Crippen molar-refractivity contribution >= 4 is 85.0 Å². The van der Waals surface area contributed by atoms with E-state index in [1.165, 1.54) is 35.4 Å². The molecule has 2 aliphatic heterocycles. The van der Waals surface area contributed by atoms with Crippen molar-refractivity contribution < 1.29 is 86.0 Å². The number of aryl methyl sites for hydroxylation is 1. The molecule has 14 N–H and O–H groups in total. The zero-order valence-corrected chi connectivity index (χ0v) is 37.0. The van der Waals surface area contributed by atoms with Crippen molar-refractivity contribution in [2.24, 2.45) is 0 Å². The van der Waals surface area contributed by atoms with Crippen LogP contribution < -0.4 is 15.1 Å². The van der Waals surface area contributed by atoms with Crippen LogP contribution in [0.3, 0.4) is 0 Å². The Morgan fingerprint density at radius 3 is 1.82 bits per heavy atom.